The quantitative estimate of drug-likeness (QED) is 0.700. The predicted molar refractivity (Wildman–Crippen MR) is 50.6 cm³/mol. The molecule has 1 aliphatic rings. The molecule has 1 heterocycles. The monoisotopic (exact) mass is 189 g/mol. The summed E-state index contributed by atoms with van der Waals surface area (Å²) in [7, 11) is 0. The Bertz CT molecular complexity index is 174. The van der Waals surface area contributed by atoms with Crippen LogP contribution in [0.15, 0.2) is 0 Å². The normalized spacial score (nSPS) is 31.8. The van der Waals surface area contributed by atoms with Gasteiger partial charge in [-0.05, 0) is 6.92 Å². The maximum Gasteiger partial charge on any atom is 0.317 e. The first-order chi connectivity index (χ1) is 5.61. The fourth-order valence-electron chi connectivity index (χ4n) is 1.39. The van der Waals surface area contributed by atoms with Crippen LogP contribution in [-0.4, -0.2) is 46.1 Å². The van der Waals surface area contributed by atoms with Crippen molar-refractivity contribution in [3.05, 3.63) is 0 Å². The second-order valence-electron chi connectivity index (χ2n) is 3.18. The van der Waals surface area contributed by atoms with Gasteiger partial charge in [-0.25, -0.2) is 0 Å². The highest BCUT2D eigenvalue weighted by Gasteiger charge is 2.26. The minimum absolute atomic E-state index is 0.187. The van der Waals surface area contributed by atoms with Crippen molar-refractivity contribution < 1.29 is 9.90 Å². The van der Waals surface area contributed by atoms with E-state index >= 15 is 0 Å². The molecule has 2 unspecified atom stereocenters. The SMILES string of the molecule is CC1SCCN(CC(=O)O)C1C. The number of rotatable bonds is 2. The Morgan fingerprint density at radius 2 is 2.33 bits per heavy atom. The van der Waals surface area contributed by atoms with Crippen molar-refractivity contribution in [2.24, 2.45) is 0 Å². The molecule has 1 saturated heterocycles. The van der Waals surface area contributed by atoms with Gasteiger partial charge >= 0.3 is 5.97 Å². The summed E-state index contributed by atoms with van der Waals surface area (Å²) in [6.07, 6.45) is 0. The van der Waals surface area contributed by atoms with Crippen LogP contribution in [0.25, 0.3) is 0 Å². The van der Waals surface area contributed by atoms with Crippen LogP contribution in [-0.2, 0) is 4.79 Å². The lowest BCUT2D eigenvalue weighted by molar-refractivity contribution is -0.138. The minimum atomic E-state index is -0.721. The summed E-state index contributed by atoms with van der Waals surface area (Å²) in [5.74, 6) is 0.333. The van der Waals surface area contributed by atoms with E-state index in [4.69, 9.17) is 5.11 Å². The van der Waals surface area contributed by atoms with Crippen LogP contribution >= 0.6 is 11.8 Å². The highest BCUT2D eigenvalue weighted by Crippen LogP contribution is 2.23. The second kappa shape index (κ2) is 4.14. The Balaban J connectivity index is 2.46. The van der Waals surface area contributed by atoms with E-state index in [2.05, 4.69) is 13.8 Å². The van der Waals surface area contributed by atoms with Crippen LogP contribution < -0.4 is 0 Å². The zero-order valence-electron chi connectivity index (χ0n) is 7.49. The fourth-order valence-corrected chi connectivity index (χ4v) is 2.55. The highest BCUT2D eigenvalue weighted by atomic mass is 32.2. The van der Waals surface area contributed by atoms with Crippen molar-refractivity contribution >= 4 is 17.7 Å². The highest BCUT2D eigenvalue weighted by molar-refractivity contribution is 8.00. The van der Waals surface area contributed by atoms with Crippen molar-refractivity contribution in [2.75, 3.05) is 18.8 Å². The molecule has 0 saturated carbocycles. The standard InChI is InChI=1S/C8H15NO2S/c1-6-7(2)12-4-3-9(6)5-8(10)11/h6-7H,3-5H2,1-2H3,(H,10,11). The lowest BCUT2D eigenvalue weighted by Gasteiger charge is -2.36. The lowest BCUT2D eigenvalue weighted by atomic mass is 10.2. The van der Waals surface area contributed by atoms with Gasteiger partial charge in [-0.15, -0.1) is 0 Å². The van der Waals surface area contributed by atoms with Gasteiger partial charge in [-0.3, -0.25) is 9.69 Å². The number of hydrogen-bond acceptors (Lipinski definition) is 3. The number of carbonyl (C=O) groups is 1. The summed E-state index contributed by atoms with van der Waals surface area (Å²) in [6, 6.07) is 0.389. The molecule has 70 valence electrons. The molecule has 0 amide bonds. The van der Waals surface area contributed by atoms with Gasteiger partial charge in [0.1, 0.15) is 0 Å². The molecular formula is C8H15NO2S. The summed E-state index contributed by atoms with van der Waals surface area (Å²) in [5.41, 5.74) is 0. The molecule has 0 aromatic carbocycles. The summed E-state index contributed by atoms with van der Waals surface area (Å²) >= 11 is 1.92. The first-order valence-corrected chi connectivity index (χ1v) is 5.23. The Morgan fingerprint density at radius 3 is 2.92 bits per heavy atom. The molecule has 0 aromatic heterocycles. The lowest BCUT2D eigenvalue weighted by Crippen LogP contribution is -2.46. The van der Waals surface area contributed by atoms with Crippen molar-refractivity contribution in [1.82, 2.24) is 4.90 Å². The zero-order valence-corrected chi connectivity index (χ0v) is 8.30. The van der Waals surface area contributed by atoms with Crippen LogP contribution in [0.5, 0.6) is 0 Å². The van der Waals surface area contributed by atoms with Gasteiger partial charge in [0, 0.05) is 23.6 Å². The molecule has 0 radical (unpaired) electrons. The van der Waals surface area contributed by atoms with Crippen molar-refractivity contribution in [2.45, 2.75) is 25.1 Å². The minimum Gasteiger partial charge on any atom is -0.480 e. The molecule has 2 atom stereocenters. The first kappa shape index (κ1) is 9.86. The smallest absolute Gasteiger partial charge is 0.317 e. The maximum absolute atomic E-state index is 10.5. The Labute approximate surface area is 77.1 Å². The van der Waals surface area contributed by atoms with E-state index in [1.807, 2.05) is 16.7 Å². The van der Waals surface area contributed by atoms with Crippen LogP contribution in [0, 0.1) is 0 Å². The van der Waals surface area contributed by atoms with Gasteiger partial charge in [0.15, 0.2) is 0 Å². The summed E-state index contributed by atoms with van der Waals surface area (Å²) in [4.78, 5) is 12.5. The Hall–Kier alpha value is -0.220. The van der Waals surface area contributed by atoms with Crippen LogP contribution in [0.1, 0.15) is 13.8 Å². The average molecular weight is 189 g/mol. The molecular weight excluding hydrogens is 174 g/mol. The van der Waals surface area contributed by atoms with Gasteiger partial charge < -0.3 is 5.11 Å². The zero-order chi connectivity index (χ0) is 9.14. The van der Waals surface area contributed by atoms with E-state index < -0.39 is 5.97 Å². The summed E-state index contributed by atoms with van der Waals surface area (Å²) in [6.45, 7) is 5.34. The number of thioether (sulfide) groups is 1. The van der Waals surface area contributed by atoms with Gasteiger partial charge in [-0.1, -0.05) is 6.92 Å². The molecule has 0 aliphatic carbocycles. The second-order valence-corrected chi connectivity index (χ2v) is 4.67. The molecule has 0 aromatic rings. The van der Waals surface area contributed by atoms with Gasteiger partial charge in [0.2, 0.25) is 0 Å². The number of carboxylic acids is 1. The van der Waals surface area contributed by atoms with E-state index in [1.165, 1.54) is 0 Å². The molecule has 0 bridgehead atoms. The van der Waals surface area contributed by atoms with E-state index in [9.17, 15) is 4.79 Å². The largest absolute Gasteiger partial charge is 0.480 e. The number of carboxylic acid groups (broad SMARTS) is 1. The molecule has 12 heavy (non-hydrogen) atoms. The average Bonchev–Trinajstić information content (AvgIpc) is 1.98. The Morgan fingerprint density at radius 1 is 1.67 bits per heavy atom. The van der Waals surface area contributed by atoms with Gasteiger partial charge in [0.25, 0.3) is 0 Å². The maximum atomic E-state index is 10.5. The van der Waals surface area contributed by atoms with Crippen LogP contribution in [0.2, 0.25) is 0 Å². The molecule has 0 spiro atoms. The van der Waals surface area contributed by atoms with Crippen molar-refractivity contribution in [3.63, 3.8) is 0 Å². The van der Waals surface area contributed by atoms with Crippen LogP contribution in [0.3, 0.4) is 0 Å². The molecule has 1 N–H and O–H groups in total. The van der Waals surface area contributed by atoms with Gasteiger partial charge in [-0.2, -0.15) is 11.8 Å². The first-order valence-electron chi connectivity index (χ1n) is 4.18. The van der Waals surface area contributed by atoms with Gasteiger partial charge in [0.05, 0.1) is 6.54 Å². The summed E-state index contributed by atoms with van der Waals surface area (Å²) in [5, 5.41) is 9.18. The van der Waals surface area contributed by atoms with E-state index in [-0.39, 0.29) is 6.54 Å². The third-order valence-corrected chi connectivity index (χ3v) is 3.69. The number of aliphatic carboxylic acids is 1. The Kier molecular flexibility index (Phi) is 3.40. The molecule has 1 rings (SSSR count). The summed E-state index contributed by atoms with van der Waals surface area (Å²) < 4.78 is 0. The fraction of sp³-hybridized carbons (Fsp3) is 0.875. The van der Waals surface area contributed by atoms with Crippen molar-refractivity contribution in [1.29, 1.82) is 0 Å². The third-order valence-electron chi connectivity index (χ3n) is 2.35. The van der Waals surface area contributed by atoms with Crippen LogP contribution in [0.4, 0.5) is 0 Å². The molecule has 4 heteroatoms. The predicted octanol–water partition coefficient (Wildman–Crippen LogP) is 0.897. The number of nitrogens with zero attached hydrogens (tertiary/aromatic N) is 1. The topological polar surface area (TPSA) is 40.5 Å². The van der Waals surface area contributed by atoms with E-state index in [0.717, 1.165) is 12.3 Å². The van der Waals surface area contributed by atoms with E-state index in [1.54, 1.807) is 0 Å². The van der Waals surface area contributed by atoms with Crippen molar-refractivity contribution in [3.8, 4) is 0 Å². The molecule has 3 nitrogen and oxygen atoms in total. The molecule has 1 fully saturated rings. The van der Waals surface area contributed by atoms with E-state index in [0.29, 0.717) is 11.3 Å². The molecule has 1 aliphatic heterocycles. The third kappa shape index (κ3) is 2.38. The number of hydrogen-bond donors (Lipinski definition) is 1.